The molecule has 0 atom stereocenters. The van der Waals surface area contributed by atoms with E-state index in [4.69, 9.17) is 4.74 Å². The van der Waals surface area contributed by atoms with Crippen LogP contribution in [0.2, 0.25) is 0 Å². The predicted octanol–water partition coefficient (Wildman–Crippen LogP) is 4.40. The molecule has 0 radical (unpaired) electrons. The Kier molecular flexibility index (Phi) is 6.03. The number of carbonyl (C=O) groups is 2. The van der Waals surface area contributed by atoms with E-state index in [2.05, 4.69) is 10.4 Å². The number of esters is 1. The molecule has 0 aliphatic carbocycles. The van der Waals surface area contributed by atoms with Crippen molar-refractivity contribution in [2.45, 2.75) is 13.5 Å². The van der Waals surface area contributed by atoms with E-state index in [1.807, 2.05) is 59.3 Å². The van der Waals surface area contributed by atoms with Gasteiger partial charge >= 0.3 is 5.97 Å². The quantitative estimate of drug-likeness (QED) is 0.345. The smallest absolute Gasteiger partial charge is 0.338 e. The van der Waals surface area contributed by atoms with Crippen molar-refractivity contribution in [1.82, 2.24) is 14.3 Å². The Morgan fingerprint density at radius 1 is 0.943 bits per heavy atom. The standard InChI is InChI=1S/C27H24N4O4/c1-2-35-27(34)18-3-7-23(8-4-18)31-25-10-6-22(16-21(25)17-28-31)29-26(33)20-5-9-24-19(15-20)11-12-30(24)13-14-32/h3-12,15-17,32H,2,13-14H2,1H3,(H,29,33). The van der Waals surface area contributed by atoms with Gasteiger partial charge in [-0.25, -0.2) is 9.48 Å². The second-order valence-electron chi connectivity index (χ2n) is 8.06. The van der Waals surface area contributed by atoms with Crippen molar-refractivity contribution in [3.63, 3.8) is 0 Å². The first kappa shape index (κ1) is 22.4. The fraction of sp³-hybridized carbons (Fsp3) is 0.148. The molecule has 0 bridgehead atoms. The second-order valence-corrected chi connectivity index (χ2v) is 8.06. The number of rotatable bonds is 7. The maximum atomic E-state index is 12.9. The molecule has 0 fully saturated rings. The number of fused-ring (bicyclic) bond motifs is 2. The zero-order valence-electron chi connectivity index (χ0n) is 19.1. The Bertz CT molecular complexity index is 1530. The summed E-state index contributed by atoms with van der Waals surface area (Å²) in [6.45, 7) is 2.67. The molecule has 3 aromatic carbocycles. The molecule has 8 heteroatoms. The van der Waals surface area contributed by atoms with E-state index in [1.54, 1.807) is 36.0 Å². The van der Waals surface area contributed by atoms with E-state index in [0.29, 0.717) is 30.0 Å². The van der Waals surface area contributed by atoms with E-state index < -0.39 is 0 Å². The number of anilines is 1. The molecule has 0 saturated carbocycles. The predicted molar refractivity (Wildman–Crippen MR) is 134 cm³/mol. The number of hydrogen-bond donors (Lipinski definition) is 2. The largest absolute Gasteiger partial charge is 0.462 e. The highest BCUT2D eigenvalue weighted by atomic mass is 16.5. The molecule has 1 amide bonds. The molecule has 2 heterocycles. The van der Waals surface area contributed by atoms with Gasteiger partial charge in [0.05, 0.1) is 36.2 Å². The molecule has 35 heavy (non-hydrogen) atoms. The van der Waals surface area contributed by atoms with Crippen LogP contribution in [0.15, 0.2) is 79.1 Å². The summed E-state index contributed by atoms with van der Waals surface area (Å²) >= 11 is 0. The molecular formula is C27H24N4O4. The van der Waals surface area contributed by atoms with Crippen molar-refractivity contribution in [3.8, 4) is 5.69 Å². The summed E-state index contributed by atoms with van der Waals surface area (Å²) < 4.78 is 8.76. The number of hydrogen-bond acceptors (Lipinski definition) is 5. The summed E-state index contributed by atoms with van der Waals surface area (Å²) in [5.74, 6) is -0.560. The van der Waals surface area contributed by atoms with E-state index >= 15 is 0 Å². The molecule has 0 unspecified atom stereocenters. The van der Waals surface area contributed by atoms with Crippen LogP contribution in [0.3, 0.4) is 0 Å². The number of aromatic nitrogens is 3. The van der Waals surface area contributed by atoms with Crippen molar-refractivity contribution >= 4 is 39.4 Å². The fourth-order valence-corrected chi connectivity index (χ4v) is 4.12. The van der Waals surface area contributed by atoms with Gasteiger partial charge in [0.1, 0.15) is 0 Å². The van der Waals surface area contributed by atoms with Crippen molar-refractivity contribution in [1.29, 1.82) is 0 Å². The molecule has 5 rings (SSSR count). The molecule has 176 valence electrons. The average Bonchev–Trinajstić information content (AvgIpc) is 3.48. The lowest BCUT2D eigenvalue weighted by Gasteiger charge is -2.08. The Hall–Kier alpha value is -4.43. The van der Waals surface area contributed by atoms with Crippen molar-refractivity contribution in [2.24, 2.45) is 0 Å². The molecule has 0 saturated heterocycles. The highest BCUT2D eigenvalue weighted by Crippen LogP contribution is 2.24. The molecule has 2 aromatic heterocycles. The lowest BCUT2D eigenvalue weighted by molar-refractivity contribution is 0.0526. The number of aliphatic hydroxyl groups is 1. The van der Waals surface area contributed by atoms with Gasteiger partial charge in [-0.15, -0.1) is 0 Å². The van der Waals surface area contributed by atoms with Crippen molar-refractivity contribution in [2.75, 3.05) is 18.5 Å². The third-order valence-electron chi connectivity index (χ3n) is 5.82. The van der Waals surface area contributed by atoms with Gasteiger partial charge < -0.3 is 19.7 Å². The Morgan fingerprint density at radius 3 is 2.49 bits per heavy atom. The third kappa shape index (κ3) is 4.39. The molecule has 8 nitrogen and oxygen atoms in total. The summed E-state index contributed by atoms with van der Waals surface area (Å²) in [4.78, 5) is 24.8. The van der Waals surface area contributed by atoms with Crippen LogP contribution in [0.5, 0.6) is 0 Å². The molecule has 2 N–H and O–H groups in total. The molecule has 0 aliphatic heterocycles. The SMILES string of the molecule is CCOC(=O)c1ccc(-n2ncc3cc(NC(=O)c4ccc5c(ccn5CCO)c4)ccc32)cc1. The lowest BCUT2D eigenvalue weighted by Crippen LogP contribution is -2.11. The number of nitrogens with one attached hydrogen (secondary N) is 1. The number of amides is 1. The topological polar surface area (TPSA) is 98.4 Å². The summed E-state index contributed by atoms with van der Waals surface area (Å²) in [5, 5.41) is 18.4. The van der Waals surface area contributed by atoms with Gasteiger partial charge in [0.2, 0.25) is 0 Å². The molecule has 0 aliphatic rings. The normalized spacial score (nSPS) is 11.1. The number of ether oxygens (including phenoxy) is 1. The minimum absolute atomic E-state index is 0.0595. The Balaban J connectivity index is 1.35. The zero-order chi connectivity index (χ0) is 24.4. The van der Waals surface area contributed by atoms with Crippen molar-refractivity contribution < 1.29 is 19.4 Å². The average molecular weight is 469 g/mol. The van der Waals surface area contributed by atoms with Gasteiger partial charge in [0.15, 0.2) is 0 Å². The first-order valence-electron chi connectivity index (χ1n) is 11.3. The fourth-order valence-electron chi connectivity index (χ4n) is 4.12. The van der Waals surface area contributed by atoms with E-state index in [0.717, 1.165) is 27.5 Å². The highest BCUT2D eigenvalue weighted by Gasteiger charge is 2.12. The van der Waals surface area contributed by atoms with Crippen LogP contribution in [0, 0.1) is 0 Å². The van der Waals surface area contributed by atoms with Crippen molar-refractivity contribution in [3.05, 3.63) is 90.3 Å². The maximum Gasteiger partial charge on any atom is 0.338 e. The van der Waals surface area contributed by atoms with E-state index in [9.17, 15) is 14.7 Å². The van der Waals surface area contributed by atoms with Gasteiger partial charge in [-0.2, -0.15) is 5.10 Å². The number of benzene rings is 3. The zero-order valence-corrected chi connectivity index (χ0v) is 19.1. The van der Waals surface area contributed by atoms with Crippen LogP contribution in [-0.4, -0.2) is 44.5 Å². The summed E-state index contributed by atoms with van der Waals surface area (Å²) in [6, 6.07) is 20.1. The first-order chi connectivity index (χ1) is 17.1. The van der Waals surface area contributed by atoms with Crippen LogP contribution in [0.4, 0.5) is 5.69 Å². The monoisotopic (exact) mass is 468 g/mol. The molecular weight excluding hydrogens is 444 g/mol. The number of nitrogens with zero attached hydrogens (tertiary/aromatic N) is 3. The van der Waals surface area contributed by atoms with Crippen LogP contribution in [-0.2, 0) is 11.3 Å². The highest BCUT2D eigenvalue weighted by molar-refractivity contribution is 6.07. The Labute approximate surface area is 201 Å². The summed E-state index contributed by atoms with van der Waals surface area (Å²) in [5.41, 5.74) is 4.36. The number of carbonyl (C=O) groups excluding carboxylic acids is 2. The van der Waals surface area contributed by atoms with Gasteiger partial charge in [0, 0.05) is 40.3 Å². The third-order valence-corrected chi connectivity index (χ3v) is 5.82. The minimum atomic E-state index is -0.355. The van der Waals surface area contributed by atoms with Crippen LogP contribution in [0.1, 0.15) is 27.6 Å². The number of aliphatic hydroxyl groups excluding tert-OH is 1. The first-order valence-corrected chi connectivity index (χ1v) is 11.3. The van der Waals surface area contributed by atoms with Gasteiger partial charge in [-0.3, -0.25) is 4.79 Å². The lowest BCUT2D eigenvalue weighted by atomic mass is 10.1. The van der Waals surface area contributed by atoms with Crippen LogP contribution in [0.25, 0.3) is 27.5 Å². The van der Waals surface area contributed by atoms with Gasteiger partial charge in [-0.05, 0) is 73.7 Å². The van der Waals surface area contributed by atoms with E-state index in [1.165, 1.54) is 0 Å². The van der Waals surface area contributed by atoms with Crippen LogP contribution >= 0.6 is 0 Å². The van der Waals surface area contributed by atoms with Crippen LogP contribution < -0.4 is 5.32 Å². The Morgan fingerprint density at radius 2 is 1.71 bits per heavy atom. The molecule has 5 aromatic rings. The maximum absolute atomic E-state index is 12.9. The van der Waals surface area contributed by atoms with Gasteiger partial charge in [-0.1, -0.05) is 0 Å². The second kappa shape index (κ2) is 9.44. The van der Waals surface area contributed by atoms with E-state index in [-0.39, 0.29) is 18.5 Å². The summed E-state index contributed by atoms with van der Waals surface area (Å²) in [6.07, 6.45) is 3.64. The minimum Gasteiger partial charge on any atom is -0.462 e. The summed E-state index contributed by atoms with van der Waals surface area (Å²) in [7, 11) is 0. The molecule has 0 spiro atoms. The van der Waals surface area contributed by atoms with Gasteiger partial charge in [0.25, 0.3) is 5.91 Å².